The van der Waals surface area contributed by atoms with Crippen molar-refractivity contribution in [2.24, 2.45) is 28.6 Å². The Labute approximate surface area is 362 Å². The van der Waals surface area contributed by atoms with Gasteiger partial charge in [-0.05, 0) is 100 Å². The summed E-state index contributed by atoms with van der Waals surface area (Å²) < 4.78 is 27.8. The lowest BCUT2D eigenvalue weighted by Gasteiger charge is -2.56. The van der Waals surface area contributed by atoms with Gasteiger partial charge >= 0.3 is 29.8 Å². The van der Waals surface area contributed by atoms with Gasteiger partial charge in [-0.25, -0.2) is 0 Å². The van der Waals surface area contributed by atoms with Crippen LogP contribution in [0.2, 0.25) is 0 Å². The highest BCUT2D eigenvalue weighted by molar-refractivity contribution is 5.71. The van der Waals surface area contributed by atoms with Crippen molar-refractivity contribution in [3.05, 3.63) is 0 Å². The van der Waals surface area contributed by atoms with Gasteiger partial charge in [0.15, 0.2) is 0 Å². The van der Waals surface area contributed by atoms with Crippen molar-refractivity contribution < 1.29 is 52.8 Å². The molecule has 0 aromatic heterocycles. The first-order chi connectivity index (χ1) is 29.1. The molecule has 4 bridgehead atoms. The second-order valence-electron chi connectivity index (χ2n) is 19.0. The lowest BCUT2D eigenvalue weighted by atomic mass is 9.49. The molecule has 0 spiro atoms. The van der Waals surface area contributed by atoms with Gasteiger partial charge < -0.3 is 28.8 Å². The summed E-state index contributed by atoms with van der Waals surface area (Å²) in [5.74, 6) is 0.400. The maximum absolute atomic E-state index is 13.3. The van der Waals surface area contributed by atoms with Crippen molar-refractivity contribution in [3.63, 3.8) is 0 Å². The molecule has 0 amide bonds. The van der Waals surface area contributed by atoms with E-state index in [1.165, 1.54) is 83.5 Å². The summed E-state index contributed by atoms with van der Waals surface area (Å²) in [6.07, 6.45) is 28.1. The fourth-order valence-corrected chi connectivity index (χ4v) is 10.0. The van der Waals surface area contributed by atoms with Gasteiger partial charge in [-0.3, -0.25) is 24.0 Å². The second-order valence-corrected chi connectivity index (χ2v) is 19.0. The van der Waals surface area contributed by atoms with E-state index in [1.807, 2.05) is 0 Å². The summed E-state index contributed by atoms with van der Waals surface area (Å²) >= 11 is 0. The molecule has 11 heteroatoms. The highest BCUT2D eigenvalue weighted by Crippen LogP contribution is 2.61. The lowest BCUT2D eigenvalue weighted by molar-refractivity contribution is -0.168. The van der Waals surface area contributed by atoms with E-state index in [1.54, 1.807) is 0 Å². The Hall–Kier alpha value is -2.69. The van der Waals surface area contributed by atoms with Crippen LogP contribution in [-0.4, -0.2) is 74.6 Å². The summed E-state index contributed by atoms with van der Waals surface area (Å²) in [6.45, 7) is 4.02. The predicted octanol–water partition coefficient (Wildman–Crippen LogP) is 10.7. The van der Waals surface area contributed by atoms with Crippen molar-refractivity contribution in [1.82, 2.24) is 0 Å². The molecule has 4 saturated carbocycles. The quantitative estimate of drug-likeness (QED) is 0.0361. The van der Waals surface area contributed by atoms with E-state index in [0.717, 1.165) is 44.9 Å². The minimum atomic E-state index is -1.30. The third kappa shape index (κ3) is 21.9. The van der Waals surface area contributed by atoms with Crippen LogP contribution in [0, 0.1) is 28.6 Å². The van der Waals surface area contributed by atoms with E-state index in [-0.39, 0.29) is 56.0 Å². The molecular formula is C49H84O11. The maximum atomic E-state index is 13.3. The zero-order valence-corrected chi connectivity index (χ0v) is 37.9. The van der Waals surface area contributed by atoms with Gasteiger partial charge in [-0.1, -0.05) is 104 Å². The highest BCUT2D eigenvalue weighted by atomic mass is 16.6. The summed E-state index contributed by atoms with van der Waals surface area (Å²) in [5, 5.41) is 10.6. The highest BCUT2D eigenvalue weighted by Gasteiger charge is 2.52. The van der Waals surface area contributed by atoms with Gasteiger partial charge in [0.25, 0.3) is 0 Å². The number of aliphatic hydroxyl groups is 1. The molecule has 0 unspecified atom stereocenters. The molecule has 0 aromatic carbocycles. The molecular weight excluding hydrogens is 765 g/mol. The number of aliphatic hydroxyl groups excluding tert-OH is 1. The van der Waals surface area contributed by atoms with Crippen LogP contribution in [0.4, 0.5) is 0 Å². The first-order valence-electron chi connectivity index (χ1n) is 24.5. The number of hydrogen-bond acceptors (Lipinski definition) is 11. The molecule has 0 heterocycles. The Kier molecular flexibility index (Phi) is 26.2. The molecule has 0 saturated heterocycles. The summed E-state index contributed by atoms with van der Waals surface area (Å²) in [5.41, 5.74) is -1.32. The summed E-state index contributed by atoms with van der Waals surface area (Å²) in [7, 11) is 0. The summed E-state index contributed by atoms with van der Waals surface area (Å²) in [4.78, 5) is 63.2. The first-order valence-corrected chi connectivity index (χ1v) is 24.5. The third-order valence-corrected chi connectivity index (χ3v) is 13.2. The standard InChI is InChI=1S/C49H84O11/c1-3-5-7-9-11-13-21-27-56-43(51)23-17-15-19-25-45(53)58-37-49(36-50,39-60-47(55)35-48-32-40-29-41(33-48)31-42(30-40)34-48)38-59-46(54)26-20-16-18-24-44(52)57-28-22-14-12-10-8-6-4-2/h40-42,50H,3-39H2,1-2H3. The normalized spacial score (nSPS) is 20.5. The van der Waals surface area contributed by atoms with Gasteiger partial charge in [0.2, 0.25) is 0 Å². The summed E-state index contributed by atoms with van der Waals surface area (Å²) in [6, 6.07) is 0. The lowest BCUT2D eigenvalue weighted by Crippen LogP contribution is -2.47. The van der Waals surface area contributed by atoms with Gasteiger partial charge in [-0.15, -0.1) is 0 Å². The number of rotatable bonds is 37. The molecule has 1 N–H and O–H groups in total. The van der Waals surface area contributed by atoms with Crippen molar-refractivity contribution >= 4 is 29.8 Å². The van der Waals surface area contributed by atoms with Crippen molar-refractivity contribution in [3.8, 4) is 0 Å². The fourth-order valence-electron chi connectivity index (χ4n) is 10.0. The Bertz CT molecular complexity index is 1140. The van der Waals surface area contributed by atoms with Gasteiger partial charge in [0.05, 0.1) is 31.7 Å². The van der Waals surface area contributed by atoms with Crippen molar-refractivity contribution in [2.45, 2.75) is 213 Å². The van der Waals surface area contributed by atoms with Gasteiger partial charge in [0.1, 0.15) is 19.8 Å². The van der Waals surface area contributed by atoms with Gasteiger partial charge in [0, 0.05) is 25.7 Å². The van der Waals surface area contributed by atoms with Crippen LogP contribution in [0.25, 0.3) is 0 Å². The Morgan fingerprint density at radius 2 is 0.767 bits per heavy atom. The van der Waals surface area contributed by atoms with Gasteiger partial charge in [-0.2, -0.15) is 0 Å². The topological polar surface area (TPSA) is 152 Å². The van der Waals surface area contributed by atoms with Crippen LogP contribution in [0.1, 0.15) is 213 Å². The fraction of sp³-hybridized carbons (Fsp3) is 0.898. The smallest absolute Gasteiger partial charge is 0.306 e. The van der Waals surface area contributed by atoms with Crippen LogP contribution < -0.4 is 0 Å². The van der Waals surface area contributed by atoms with E-state index in [0.29, 0.717) is 88.8 Å². The number of ether oxygens (including phenoxy) is 5. The zero-order chi connectivity index (χ0) is 43.3. The molecule has 11 nitrogen and oxygen atoms in total. The van der Waals surface area contributed by atoms with E-state index >= 15 is 0 Å². The minimum Gasteiger partial charge on any atom is -0.466 e. The van der Waals surface area contributed by atoms with E-state index in [2.05, 4.69) is 13.8 Å². The predicted molar refractivity (Wildman–Crippen MR) is 232 cm³/mol. The van der Waals surface area contributed by atoms with E-state index in [4.69, 9.17) is 23.7 Å². The molecule has 0 aliphatic heterocycles. The van der Waals surface area contributed by atoms with Crippen LogP contribution >= 0.6 is 0 Å². The van der Waals surface area contributed by atoms with Crippen molar-refractivity contribution in [1.29, 1.82) is 0 Å². The number of carbonyl (C=O) groups is 5. The number of carbonyl (C=O) groups excluding carboxylic acids is 5. The molecule has 4 aliphatic carbocycles. The van der Waals surface area contributed by atoms with Crippen LogP contribution in [0.3, 0.4) is 0 Å². The van der Waals surface area contributed by atoms with Crippen LogP contribution in [-0.2, 0) is 47.7 Å². The van der Waals surface area contributed by atoms with Crippen LogP contribution in [0.5, 0.6) is 0 Å². The molecule has 0 aromatic rings. The molecule has 346 valence electrons. The SMILES string of the molecule is CCCCCCCCCOC(=O)CCCCCC(=O)OCC(CO)(COC(=O)CCCCCC(=O)OCCCCCCCCC)COC(=O)CC12CC3CC(CC(C3)C1)C2. The number of esters is 5. The number of hydrogen-bond donors (Lipinski definition) is 1. The molecule has 4 rings (SSSR count). The third-order valence-electron chi connectivity index (χ3n) is 13.2. The molecule has 0 atom stereocenters. The average Bonchev–Trinajstić information content (AvgIpc) is 3.21. The maximum Gasteiger partial charge on any atom is 0.306 e. The monoisotopic (exact) mass is 849 g/mol. The number of unbranched alkanes of at least 4 members (excludes halogenated alkanes) is 16. The Morgan fingerprint density at radius 3 is 1.13 bits per heavy atom. The first kappa shape index (κ1) is 51.7. The Balaban J connectivity index is 1.36. The second kappa shape index (κ2) is 30.4. The average molecular weight is 849 g/mol. The van der Waals surface area contributed by atoms with E-state index in [9.17, 15) is 29.1 Å². The van der Waals surface area contributed by atoms with E-state index < -0.39 is 24.0 Å². The molecule has 0 radical (unpaired) electrons. The zero-order valence-electron chi connectivity index (χ0n) is 37.9. The Morgan fingerprint density at radius 1 is 0.450 bits per heavy atom. The van der Waals surface area contributed by atoms with Crippen LogP contribution in [0.15, 0.2) is 0 Å². The molecule has 60 heavy (non-hydrogen) atoms. The molecule has 4 fully saturated rings. The largest absolute Gasteiger partial charge is 0.466 e. The minimum absolute atomic E-state index is 0.0127. The van der Waals surface area contributed by atoms with Crippen molar-refractivity contribution in [2.75, 3.05) is 39.6 Å². The molecule has 4 aliphatic rings.